The molecule has 2 rings (SSSR count). The summed E-state index contributed by atoms with van der Waals surface area (Å²) in [5.74, 6) is 0.225. The summed E-state index contributed by atoms with van der Waals surface area (Å²) in [5.41, 5.74) is 5.66. The molecule has 5 heteroatoms. The van der Waals surface area contributed by atoms with Crippen molar-refractivity contribution in [1.29, 1.82) is 0 Å². The fourth-order valence-corrected chi connectivity index (χ4v) is 3.36. The van der Waals surface area contributed by atoms with Crippen LogP contribution in [0.25, 0.3) is 0 Å². The molecular formula is C12H17ClN2OS. The highest BCUT2D eigenvalue weighted by Crippen LogP contribution is 2.23. The van der Waals surface area contributed by atoms with E-state index in [1.807, 2.05) is 17.0 Å². The minimum absolute atomic E-state index is 0.225. The summed E-state index contributed by atoms with van der Waals surface area (Å²) >= 11 is 7.40. The molecule has 0 aliphatic carbocycles. The van der Waals surface area contributed by atoms with Crippen LogP contribution in [-0.2, 0) is 11.2 Å². The zero-order valence-corrected chi connectivity index (χ0v) is 11.3. The lowest BCUT2D eigenvalue weighted by atomic mass is 10.2. The van der Waals surface area contributed by atoms with E-state index < -0.39 is 0 Å². The molecule has 1 aromatic heterocycles. The predicted octanol–water partition coefficient (Wildman–Crippen LogP) is 2.28. The Kier molecular flexibility index (Phi) is 4.42. The first kappa shape index (κ1) is 12.9. The molecule has 3 nitrogen and oxygen atoms in total. The van der Waals surface area contributed by atoms with Gasteiger partial charge in [0.05, 0.1) is 4.34 Å². The summed E-state index contributed by atoms with van der Waals surface area (Å²) in [6.07, 6.45) is 3.48. The Hall–Kier alpha value is -0.580. The van der Waals surface area contributed by atoms with E-state index in [4.69, 9.17) is 17.3 Å². The first-order valence-electron chi connectivity index (χ1n) is 5.94. The van der Waals surface area contributed by atoms with Crippen LogP contribution in [0, 0.1) is 0 Å². The lowest BCUT2D eigenvalue weighted by Gasteiger charge is -2.23. The normalized spacial score (nSPS) is 19.9. The van der Waals surface area contributed by atoms with Crippen molar-refractivity contribution in [3.8, 4) is 0 Å². The molecule has 1 atom stereocenters. The zero-order chi connectivity index (χ0) is 12.3. The average molecular weight is 273 g/mol. The summed E-state index contributed by atoms with van der Waals surface area (Å²) < 4.78 is 0.786. The van der Waals surface area contributed by atoms with Gasteiger partial charge in [-0.05, 0) is 31.4 Å². The van der Waals surface area contributed by atoms with Crippen molar-refractivity contribution < 1.29 is 4.79 Å². The molecule has 0 spiro atoms. The second-order valence-electron chi connectivity index (χ2n) is 4.32. The maximum atomic E-state index is 12.0. The second-order valence-corrected chi connectivity index (χ2v) is 6.12. The molecule has 1 aliphatic rings. The number of rotatable bonds is 4. The van der Waals surface area contributed by atoms with Crippen molar-refractivity contribution in [3.05, 3.63) is 21.3 Å². The largest absolute Gasteiger partial charge is 0.338 e. The number of aryl methyl sites for hydroxylation is 1. The van der Waals surface area contributed by atoms with Crippen LogP contribution in [0.4, 0.5) is 0 Å². The Morgan fingerprint density at radius 1 is 1.59 bits per heavy atom. The lowest BCUT2D eigenvalue weighted by molar-refractivity contribution is -0.131. The molecule has 1 saturated heterocycles. The van der Waals surface area contributed by atoms with Crippen LogP contribution in [0.5, 0.6) is 0 Å². The van der Waals surface area contributed by atoms with Gasteiger partial charge in [0.15, 0.2) is 0 Å². The van der Waals surface area contributed by atoms with Gasteiger partial charge in [-0.25, -0.2) is 0 Å². The maximum Gasteiger partial charge on any atom is 0.223 e. The average Bonchev–Trinajstić information content (AvgIpc) is 2.94. The monoisotopic (exact) mass is 272 g/mol. The Bertz CT molecular complexity index is 394. The number of carbonyl (C=O) groups excluding carboxylic acids is 1. The summed E-state index contributed by atoms with van der Waals surface area (Å²) in [6, 6.07) is 4.13. The first-order chi connectivity index (χ1) is 8.20. The van der Waals surface area contributed by atoms with Crippen LogP contribution in [0.3, 0.4) is 0 Å². The fourth-order valence-electron chi connectivity index (χ4n) is 2.27. The molecular weight excluding hydrogens is 256 g/mol. The number of hydrogen-bond donors (Lipinski definition) is 1. The third-order valence-corrected chi connectivity index (χ3v) is 4.47. The Morgan fingerprint density at radius 2 is 2.41 bits per heavy atom. The van der Waals surface area contributed by atoms with Gasteiger partial charge in [-0.3, -0.25) is 4.79 Å². The van der Waals surface area contributed by atoms with Gasteiger partial charge in [0.25, 0.3) is 0 Å². The number of carbonyl (C=O) groups is 1. The van der Waals surface area contributed by atoms with Gasteiger partial charge in [-0.15, -0.1) is 11.3 Å². The maximum absolute atomic E-state index is 12.0. The van der Waals surface area contributed by atoms with Crippen molar-refractivity contribution in [2.24, 2.45) is 5.73 Å². The van der Waals surface area contributed by atoms with Crippen LogP contribution < -0.4 is 5.73 Å². The molecule has 94 valence electrons. The standard InChI is InChI=1S/C12H17ClN2OS/c13-11-5-3-10(17-11)4-6-12(16)15-7-1-2-9(15)8-14/h3,5,9H,1-2,4,6-8,14H2. The summed E-state index contributed by atoms with van der Waals surface area (Å²) in [6.45, 7) is 1.45. The number of halogens is 1. The molecule has 1 aromatic rings. The molecule has 1 fully saturated rings. The van der Waals surface area contributed by atoms with Crippen LogP contribution in [0.15, 0.2) is 12.1 Å². The van der Waals surface area contributed by atoms with Crippen molar-refractivity contribution in [2.45, 2.75) is 31.7 Å². The molecule has 1 amide bonds. The third kappa shape index (κ3) is 3.21. The molecule has 0 radical (unpaired) electrons. The Balaban J connectivity index is 1.84. The molecule has 0 saturated carbocycles. The van der Waals surface area contributed by atoms with Gasteiger partial charge in [-0.2, -0.15) is 0 Å². The van der Waals surface area contributed by atoms with Gasteiger partial charge in [0.2, 0.25) is 5.91 Å². The van der Waals surface area contributed by atoms with Crippen molar-refractivity contribution >= 4 is 28.8 Å². The van der Waals surface area contributed by atoms with Crippen LogP contribution in [0.2, 0.25) is 4.34 Å². The zero-order valence-electron chi connectivity index (χ0n) is 9.69. The van der Waals surface area contributed by atoms with E-state index in [0.717, 1.165) is 30.1 Å². The van der Waals surface area contributed by atoms with Gasteiger partial charge in [-0.1, -0.05) is 11.6 Å². The molecule has 2 heterocycles. The van der Waals surface area contributed by atoms with Gasteiger partial charge >= 0.3 is 0 Å². The van der Waals surface area contributed by atoms with E-state index in [2.05, 4.69) is 0 Å². The number of likely N-dealkylation sites (tertiary alicyclic amines) is 1. The van der Waals surface area contributed by atoms with E-state index in [1.54, 1.807) is 11.3 Å². The molecule has 2 N–H and O–H groups in total. The van der Waals surface area contributed by atoms with E-state index in [9.17, 15) is 4.79 Å². The number of hydrogen-bond acceptors (Lipinski definition) is 3. The van der Waals surface area contributed by atoms with Crippen molar-refractivity contribution in [2.75, 3.05) is 13.1 Å². The first-order valence-corrected chi connectivity index (χ1v) is 7.14. The summed E-state index contributed by atoms with van der Waals surface area (Å²) in [5, 5.41) is 0. The SMILES string of the molecule is NCC1CCCN1C(=O)CCc1ccc(Cl)s1. The second kappa shape index (κ2) is 5.85. The highest BCUT2D eigenvalue weighted by Gasteiger charge is 2.26. The van der Waals surface area contributed by atoms with Crippen LogP contribution >= 0.6 is 22.9 Å². The summed E-state index contributed by atoms with van der Waals surface area (Å²) in [7, 11) is 0. The van der Waals surface area contributed by atoms with Crippen LogP contribution in [0.1, 0.15) is 24.1 Å². The van der Waals surface area contributed by atoms with E-state index >= 15 is 0 Å². The Labute approximate surface area is 111 Å². The molecule has 1 aliphatic heterocycles. The fraction of sp³-hybridized carbons (Fsp3) is 0.583. The Morgan fingerprint density at radius 3 is 3.06 bits per heavy atom. The van der Waals surface area contributed by atoms with Crippen LogP contribution in [-0.4, -0.2) is 29.9 Å². The minimum Gasteiger partial charge on any atom is -0.338 e. The molecule has 17 heavy (non-hydrogen) atoms. The quantitative estimate of drug-likeness (QED) is 0.914. The molecule has 1 unspecified atom stereocenters. The van der Waals surface area contributed by atoms with Gasteiger partial charge < -0.3 is 10.6 Å². The number of thiophene rings is 1. The van der Waals surface area contributed by atoms with E-state index in [-0.39, 0.29) is 11.9 Å². The van der Waals surface area contributed by atoms with Crippen molar-refractivity contribution in [1.82, 2.24) is 4.90 Å². The summed E-state index contributed by atoms with van der Waals surface area (Å²) in [4.78, 5) is 15.1. The highest BCUT2D eigenvalue weighted by molar-refractivity contribution is 7.16. The van der Waals surface area contributed by atoms with E-state index in [1.165, 1.54) is 4.88 Å². The predicted molar refractivity (Wildman–Crippen MR) is 71.4 cm³/mol. The number of nitrogens with zero attached hydrogens (tertiary/aromatic N) is 1. The topological polar surface area (TPSA) is 46.3 Å². The number of amides is 1. The highest BCUT2D eigenvalue weighted by atomic mass is 35.5. The third-order valence-electron chi connectivity index (χ3n) is 3.18. The van der Waals surface area contributed by atoms with Gasteiger partial charge in [0.1, 0.15) is 0 Å². The van der Waals surface area contributed by atoms with Crippen molar-refractivity contribution in [3.63, 3.8) is 0 Å². The minimum atomic E-state index is 0.225. The van der Waals surface area contributed by atoms with Gasteiger partial charge in [0, 0.05) is 30.4 Å². The smallest absolute Gasteiger partial charge is 0.223 e. The molecule has 0 aromatic carbocycles. The lowest BCUT2D eigenvalue weighted by Crippen LogP contribution is -2.39. The molecule has 0 bridgehead atoms. The van der Waals surface area contributed by atoms with E-state index in [0.29, 0.717) is 13.0 Å². The number of nitrogens with two attached hydrogens (primary N) is 1.